The van der Waals surface area contributed by atoms with E-state index in [9.17, 15) is 18.0 Å². The molecule has 0 fully saturated rings. The van der Waals surface area contributed by atoms with Crippen LogP contribution in [0.4, 0.5) is 18.9 Å². The van der Waals surface area contributed by atoms with E-state index >= 15 is 0 Å². The molecule has 1 N–H and O–H groups in total. The van der Waals surface area contributed by atoms with Crippen molar-refractivity contribution in [1.29, 1.82) is 0 Å². The van der Waals surface area contributed by atoms with Crippen LogP contribution in [0.25, 0.3) is 16.9 Å². The molecule has 136 valence electrons. The second kappa shape index (κ2) is 6.47. The van der Waals surface area contributed by atoms with Crippen molar-refractivity contribution in [1.82, 2.24) is 19.6 Å². The molecule has 0 bridgehead atoms. The number of hydrogen-bond donors (Lipinski definition) is 1. The second-order valence-electron chi connectivity index (χ2n) is 5.47. The Morgan fingerprint density at radius 3 is 2.74 bits per heavy atom. The molecule has 0 atom stereocenters. The van der Waals surface area contributed by atoms with Gasteiger partial charge in [0.05, 0.1) is 17.5 Å². The highest BCUT2D eigenvalue weighted by Crippen LogP contribution is 2.36. The number of nitrogens with one attached hydrogen (secondary N) is 1. The molecular weight excluding hydrogens is 379 g/mol. The molecule has 0 spiro atoms. The van der Waals surface area contributed by atoms with Gasteiger partial charge in [-0.25, -0.2) is 14.5 Å². The van der Waals surface area contributed by atoms with Crippen LogP contribution in [0.5, 0.6) is 0 Å². The Morgan fingerprint density at radius 1 is 1.19 bits per heavy atom. The lowest BCUT2D eigenvalue weighted by Crippen LogP contribution is -2.11. The lowest BCUT2D eigenvalue weighted by molar-refractivity contribution is -0.137. The normalized spacial score (nSPS) is 11.7. The lowest BCUT2D eigenvalue weighted by Gasteiger charge is -2.12. The van der Waals surface area contributed by atoms with Gasteiger partial charge in [0.2, 0.25) is 0 Å². The van der Waals surface area contributed by atoms with Gasteiger partial charge in [-0.15, -0.1) is 11.3 Å². The third kappa shape index (κ3) is 3.26. The fraction of sp³-hybridized carbons (Fsp3) is 0.0588. The van der Waals surface area contributed by atoms with Crippen LogP contribution in [0.1, 0.15) is 15.4 Å². The summed E-state index contributed by atoms with van der Waals surface area (Å²) in [6, 6.07) is 6.63. The minimum atomic E-state index is -4.51. The Balaban J connectivity index is 1.76. The van der Waals surface area contributed by atoms with Gasteiger partial charge >= 0.3 is 6.18 Å². The number of halogens is 3. The molecule has 4 rings (SSSR count). The average Bonchev–Trinajstić information content (AvgIpc) is 3.31. The van der Waals surface area contributed by atoms with Gasteiger partial charge in [-0.2, -0.15) is 18.3 Å². The number of nitrogens with zero attached hydrogens (tertiary/aromatic N) is 4. The minimum Gasteiger partial charge on any atom is -0.315 e. The van der Waals surface area contributed by atoms with Crippen molar-refractivity contribution < 1.29 is 18.0 Å². The molecule has 0 aliphatic rings. The number of thiazole rings is 1. The summed E-state index contributed by atoms with van der Waals surface area (Å²) in [6.45, 7) is 0. The lowest BCUT2D eigenvalue weighted by atomic mass is 10.0. The average molecular weight is 389 g/mol. The number of carbonyl (C=O) groups excluding carboxylic acids is 1. The van der Waals surface area contributed by atoms with Crippen molar-refractivity contribution in [2.24, 2.45) is 0 Å². The first kappa shape index (κ1) is 17.2. The number of rotatable bonds is 3. The molecule has 3 aromatic heterocycles. The summed E-state index contributed by atoms with van der Waals surface area (Å²) in [6.07, 6.45) is -0.135. The Hall–Kier alpha value is -3.27. The van der Waals surface area contributed by atoms with Crippen LogP contribution < -0.4 is 5.32 Å². The van der Waals surface area contributed by atoms with E-state index in [-0.39, 0.29) is 27.6 Å². The van der Waals surface area contributed by atoms with E-state index in [1.807, 2.05) is 0 Å². The number of alkyl halides is 3. The van der Waals surface area contributed by atoms with E-state index in [2.05, 4.69) is 20.4 Å². The molecule has 0 aliphatic carbocycles. The topological polar surface area (TPSA) is 72.2 Å². The van der Waals surface area contributed by atoms with Crippen LogP contribution in [0.15, 0.2) is 54.3 Å². The largest absolute Gasteiger partial charge is 0.417 e. The zero-order chi connectivity index (χ0) is 19.0. The van der Waals surface area contributed by atoms with Gasteiger partial charge in [-0.05, 0) is 12.1 Å². The number of anilines is 1. The predicted molar refractivity (Wildman–Crippen MR) is 93.5 cm³/mol. The van der Waals surface area contributed by atoms with Gasteiger partial charge in [-0.1, -0.05) is 18.2 Å². The molecule has 0 unspecified atom stereocenters. The number of carbonyl (C=O) groups is 1. The fourth-order valence-corrected chi connectivity index (χ4v) is 3.10. The Labute approximate surface area is 154 Å². The van der Waals surface area contributed by atoms with E-state index < -0.39 is 17.6 Å². The van der Waals surface area contributed by atoms with E-state index in [0.29, 0.717) is 0 Å². The smallest absolute Gasteiger partial charge is 0.315 e. The summed E-state index contributed by atoms with van der Waals surface area (Å²) in [4.78, 5) is 20.4. The van der Waals surface area contributed by atoms with Gasteiger partial charge < -0.3 is 5.32 Å². The summed E-state index contributed by atoms with van der Waals surface area (Å²) in [5, 5.41) is 8.61. The fourth-order valence-electron chi connectivity index (χ4n) is 2.57. The van der Waals surface area contributed by atoms with Crippen LogP contribution >= 0.6 is 11.3 Å². The molecule has 6 nitrogen and oxygen atoms in total. The molecule has 27 heavy (non-hydrogen) atoms. The van der Waals surface area contributed by atoms with E-state index in [0.717, 1.165) is 6.07 Å². The van der Waals surface area contributed by atoms with Gasteiger partial charge in [0, 0.05) is 23.3 Å². The first-order chi connectivity index (χ1) is 12.9. The summed E-state index contributed by atoms with van der Waals surface area (Å²) in [5.74, 6) is -0.442. The van der Waals surface area contributed by atoms with Gasteiger partial charge in [-0.3, -0.25) is 4.79 Å². The first-order valence-electron chi connectivity index (χ1n) is 7.65. The molecule has 1 aromatic carbocycles. The zero-order valence-electron chi connectivity index (χ0n) is 13.4. The van der Waals surface area contributed by atoms with Crippen LogP contribution in [-0.2, 0) is 6.18 Å². The van der Waals surface area contributed by atoms with E-state index in [4.69, 9.17) is 0 Å². The molecule has 0 aliphatic heterocycles. The molecule has 0 saturated carbocycles. The molecule has 1 amide bonds. The Kier molecular flexibility index (Phi) is 4.11. The summed E-state index contributed by atoms with van der Waals surface area (Å²) >= 11 is 1.17. The van der Waals surface area contributed by atoms with Crippen molar-refractivity contribution in [3.05, 3.63) is 64.9 Å². The Bertz CT molecular complexity index is 1120. The summed E-state index contributed by atoms with van der Waals surface area (Å²) in [5.41, 5.74) is -0.197. The maximum atomic E-state index is 13.3. The van der Waals surface area contributed by atoms with Crippen LogP contribution in [-0.4, -0.2) is 25.5 Å². The van der Waals surface area contributed by atoms with Crippen LogP contribution in [0.3, 0.4) is 0 Å². The number of aromatic nitrogens is 4. The third-order valence-corrected chi connectivity index (χ3v) is 4.52. The number of benzene rings is 1. The zero-order valence-corrected chi connectivity index (χ0v) is 14.3. The molecule has 0 saturated heterocycles. The highest BCUT2D eigenvalue weighted by Gasteiger charge is 2.33. The van der Waals surface area contributed by atoms with Gasteiger partial charge in [0.15, 0.2) is 10.7 Å². The van der Waals surface area contributed by atoms with Crippen molar-refractivity contribution in [2.75, 3.05) is 5.32 Å². The van der Waals surface area contributed by atoms with Crippen LogP contribution in [0, 0.1) is 0 Å². The minimum absolute atomic E-state index is 0.0501. The molecule has 10 heteroatoms. The molecule has 0 radical (unpaired) electrons. The monoisotopic (exact) mass is 389 g/mol. The quantitative estimate of drug-likeness (QED) is 0.572. The first-order valence-corrected chi connectivity index (χ1v) is 8.53. The highest BCUT2D eigenvalue weighted by molar-refractivity contribution is 7.11. The second-order valence-corrected chi connectivity index (χ2v) is 6.37. The number of hydrogen-bond acceptors (Lipinski definition) is 5. The maximum Gasteiger partial charge on any atom is 0.417 e. The van der Waals surface area contributed by atoms with Crippen LogP contribution in [0.2, 0.25) is 0 Å². The predicted octanol–water partition coefficient (Wildman–Crippen LogP) is 4.12. The van der Waals surface area contributed by atoms with Crippen molar-refractivity contribution >= 4 is 28.6 Å². The standard InChI is InChI=1S/C17H10F3N5OS/c18-17(19,20)11-4-2-1-3-10(11)12-5-7-25-14(23-12)13(9-22-25)24-15(26)16-21-6-8-27-16/h1-9H,(H,24,26). The van der Waals surface area contributed by atoms with E-state index in [1.54, 1.807) is 5.38 Å². The highest BCUT2D eigenvalue weighted by atomic mass is 32.1. The molecule has 4 aromatic rings. The molecular formula is C17H10F3N5OS. The summed E-state index contributed by atoms with van der Waals surface area (Å²) in [7, 11) is 0. The SMILES string of the molecule is O=C(Nc1cnn2ccc(-c3ccccc3C(F)(F)F)nc12)c1nccs1. The number of amides is 1. The number of fused-ring (bicyclic) bond motifs is 1. The maximum absolute atomic E-state index is 13.3. The third-order valence-electron chi connectivity index (χ3n) is 3.75. The van der Waals surface area contributed by atoms with Gasteiger partial charge in [0.25, 0.3) is 5.91 Å². The summed E-state index contributed by atoms with van der Waals surface area (Å²) < 4.78 is 41.2. The van der Waals surface area contributed by atoms with Crippen molar-refractivity contribution in [2.45, 2.75) is 6.18 Å². The molecule has 3 heterocycles. The van der Waals surface area contributed by atoms with Crippen molar-refractivity contribution in [3.8, 4) is 11.3 Å². The van der Waals surface area contributed by atoms with E-state index in [1.165, 1.54) is 58.7 Å². The Morgan fingerprint density at radius 2 is 2.00 bits per heavy atom. The van der Waals surface area contributed by atoms with Gasteiger partial charge in [0.1, 0.15) is 5.69 Å². The van der Waals surface area contributed by atoms with Crippen molar-refractivity contribution in [3.63, 3.8) is 0 Å².